The summed E-state index contributed by atoms with van der Waals surface area (Å²) < 4.78 is 0. The number of anilines is 2. The van der Waals surface area contributed by atoms with Crippen molar-refractivity contribution in [3.05, 3.63) is 36.3 Å². The number of H-pyrrole nitrogens is 1. The number of nitrogens with zero attached hydrogens (tertiary/aromatic N) is 2. The average Bonchev–Trinajstić information content (AvgIpc) is 2.53. The van der Waals surface area contributed by atoms with Crippen LogP contribution in [0.1, 0.15) is 5.69 Å². The highest BCUT2D eigenvalue weighted by atomic mass is 15.1. The molecule has 0 spiro atoms. The molecular weight excluding hydrogens is 164 g/mol. The third-order valence-corrected chi connectivity index (χ3v) is 1.61. The van der Waals surface area contributed by atoms with Crippen molar-refractivity contribution in [2.45, 2.75) is 6.92 Å². The molecule has 2 N–H and O–H groups in total. The second kappa shape index (κ2) is 3.26. The number of aromatic amines is 1. The van der Waals surface area contributed by atoms with Crippen molar-refractivity contribution in [3.63, 3.8) is 0 Å². The second-order valence-corrected chi connectivity index (χ2v) is 2.75. The van der Waals surface area contributed by atoms with Crippen LogP contribution in [0.3, 0.4) is 0 Å². The Morgan fingerprint density at radius 3 is 2.85 bits per heavy atom. The van der Waals surface area contributed by atoms with Gasteiger partial charge in [-0.2, -0.15) is 0 Å². The molecule has 0 aromatic carbocycles. The predicted molar refractivity (Wildman–Crippen MR) is 50.8 cm³/mol. The fourth-order valence-electron chi connectivity index (χ4n) is 1.03. The van der Waals surface area contributed by atoms with Gasteiger partial charge in [0.05, 0.1) is 0 Å². The smallest absolute Gasteiger partial charge is 0.205 e. The summed E-state index contributed by atoms with van der Waals surface area (Å²) in [7, 11) is 0. The summed E-state index contributed by atoms with van der Waals surface area (Å²) >= 11 is 0. The molecule has 0 aliphatic rings. The number of imidazole rings is 1. The van der Waals surface area contributed by atoms with E-state index in [4.69, 9.17) is 0 Å². The summed E-state index contributed by atoms with van der Waals surface area (Å²) in [6, 6.07) is 5.68. The first kappa shape index (κ1) is 7.79. The van der Waals surface area contributed by atoms with Gasteiger partial charge in [0.15, 0.2) is 0 Å². The molecule has 0 amide bonds. The third-order valence-electron chi connectivity index (χ3n) is 1.61. The lowest BCUT2D eigenvalue weighted by molar-refractivity contribution is 1.21. The van der Waals surface area contributed by atoms with E-state index in [0.29, 0.717) is 0 Å². The lowest BCUT2D eigenvalue weighted by atomic mass is 10.5. The topological polar surface area (TPSA) is 53.6 Å². The minimum Gasteiger partial charge on any atom is -0.328 e. The zero-order valence-corrected chi connectivity index (χ0v) is 7.28. The lowest BCUT2D eigenvalue weighted by Gasteiger charge is -1.99. The van der Waals surface area contributed by atoms with Gasteiger partial charge in [-0.25, -0.2) is 9.97 Å². The van der Waals surface area contributed by atoms with E-state index in [1.54, 1.807) is 12.4 Å². The minimum atomic E-state index is 0.719. The van der Waals surface area contributed by atoms with Crippen LogP contribution in [-0.2, 0) is 0 Å². The molecule has 0 aliphatic heterocycles. The van der Waals surface area contributed by atoms with Crippen LogP contribution in [0, 0.1) is 6.92 Å². The number of pyridine rings is 1. The summed E-state index contributed by atoms with van der Waals surface area (Å²) in [6.07, 6.45) is 3.50. The first-order valence-corrected chi connectivity index (χ1v) is 4.04. The zero-order chi connectivity index (χ0) is 9.10. The van der Waals surface area contributed by atoms with Crippen molar-refractivity contribution in [2.75, 3.05) is 5.32 Å². The third kappa shape index (κ3) is 1.84. The maximum atomic E-state index is 4.11. The largest absolute Gasteiger partial charge is 0.328 e. The Bertz CT molecular complexity index is 380. The van der Waals surface area contributed by atoms with Gasteiger partial charge in [0.25, 0.3) is 0 Å². The van der Waals surface area contributed by atoms with Crippen molar-refractivity contribution in [1.82, 2.24) is 15.0 Å². The van der Waals surface area contributed by atoms with Crippen molar-refractivity contribution in [3.8, 4) is 0 Å². The van der Waals surface area contributed by atoms with E-state index >= 15 is 0 Å². The maximum Gasteiger partial charge on any atom is 0.205 e. The van der Waals surface area contributed by atoms with Gasteiger partial charge in [-0.1, -0.05) is 6.07 Å². The van der Waals surface area contributed by atoms with Crippen LogP contribution in [0.4, 0.5) is 11.8 Å². The normalized spacial score (nSPS) is 9.92. The molecule has 0 unspecified atom stereocenters. The highest BCUT2D eigenvalue weighted by Gasteiger charge is 1.96. The first-order chi connectivity index (χ1) is 6.34. The quantitative estimate of drug-likeness (QED) is 0.730. The zero-order valence-electron chi connectivity index (χ0n) is 7.28. The molecule has 2 heterocycles. The molecule has 4 nitrogen and oxygen atoms in total. The number of aromatic nitrogens is 3. The molecule has 2 aromatic heterocycles. The highest BCUT2D eigenvalue weighted by Crippen LogP contribution is 2.08. The van der Waals surface area contributed by atoms with Gasteiger partial charge in [-0.15, -0.1) is 0 Å². The van der Waals surface area contributed by atoms with Gasteiger partial charge in [0, 0.05) is 18.1 Å². The Kier molecular flexibility index (Phi) is 1.96. The number of rotatable bonds is 2. The van der Waals surface area contributed by atoms with Gasteiger partial charge in [0.1, 0.15) is 5.82 Å². The molecule has 0 aliphatic carbocycles. The van der Waals surface area contributed by atoms with Gasteiger partial charge in [0.2, 0.25) is 5.95 Å². The van der Waals surface area contributed by atoms with Crippen LogP contribution in [0.15, 0.2) is 30.6 Å². The standard InChI is InChI=1S/C9H10N4/c1-7-6-11-9(12-7)13-8-4-2-3-5-10-8/h2-6H,1H3,(H2,10,11,12,13). The maximum absolute atomic E-state index is 4.11. The summed E-state index contributed by atoms with van der Waals surface area (Å²) in [4.78, 5) is 11.3. The Morgan fingerprint density at radius 2 is 2.23 bits per heavy atom. The Hall–Kier alpha value is -1.84. The second-order valence-electron chi connectivity index (χ2n) is 2.75. The molecule has 0 saturated heterocycles. The van der Waals surface area contributed by atoms with Crippen molar-refractivity contribution >= 4 is 11.8 Å². The SMILES string of the molecule is Cc1cnc(Nc2ccccn2)[nH]1. The number of hydrogen-bond donors (Lipinski definition) is 2. The molecule has 0 fully saturated rings. The van der Waals surface area contributed by atoms with Crippen molar-refractivity contribution in [2.24, 2.45) is 0 Å². The van der Waals surface area contributed by atoms with Crippen molar-refractivity contribution in [1.29, 1.82) is 0 Å². The fourth-order valence-corrected chi connectivity index (χ4v) is 1.03. The lowest BCUT2D eigenvalue weighted by Crippen LogP contribution is -1.93. The molecule has 2 rings (SSSR count). The number of nitrogens with one attached hydrogen (secondary N) is 2. The molecule has 66 valence electrons. The van der Waals surface area contributed by atoms with Crippen LogP contribution in [0.2, 0.25) is 0 Å². The summed E-state index contributed by atoms with van der Waals surface area (Å²) in [5.41, 5.74) is 1.03. The van der Waals surface area contributed by atoms with Crippen LogP contribution < -0.4 is 5.32 Å². The van der Waals surface area contributed by atoms with Crippen LogP contribution in [0.25, 0.3) is 0 Å². The molecule has 0 saturated carbocycles. The average molecular weight is 174 g/mol. The summed E-state index contributed by atoms with van der Waals surface area (Å²) in [6.45, 7) is 1.95. The molecule has 0 radical (unpaired) electrons. The van der Waals surface area contributed by atoms with E-state index in [1.165, 1.54) is 0 Å². The Balaban J connectivity index is 2.15. The molecule has 0 bridgehead atoms. The Morgan fingerprint density at radius 1 is 1.31 bits per heavy atom. The van der Waals surface area contributed by atoms with E-state index in [9.17, 15) is 0 Å². The van der Waals surface area contributed by atoms with E-state index in [2.05, 4.69) is 20.3 Å². The van der Waals surface area contributed by atoms with E-state index in [1.807, 2.05) is 25.1 Å². The van der Waals surface area contributed by atoms with E-state index in [-0.39, 0.29) is 0 Å². The summed E-state index contributed by atoms with van der Waals surface area (Å²) in [5.74, 6) is 1.51. The predicted octanol–water partition coefficient (Wildman–Crippen LogP) is 1.86. The molecule has 13 heavy (non-hydrogen) atoms. The Labute approximate surface area is 76.1 Å². The molecule has 0 atom stereocenters. The van der Waals surface area contributed by atoms with E-state index < -0.39 is 0 Å². The fraction of sp³-hybridized carbons (Fsp3) is 0.111. The first-order valence-electron chi connectivity index (χ1n) is 4.04. The molecule has 2 aromatic rings. The molecule has 4 heteroatoms. The summed E-state index contributed by atoms with van der Waals surface area (Å²) in [5, 5.41) is 3.05. The highest BCUT2D eigenvalue weighted by molar-refractivity contribution is 5.46. The number of hydrogen-bond acceptors (Lipinski definition) is 3. The monoisotopic (exact) mass is 174 g/mol. The van der Waals surface area contributed by atoms with E-state index in [0.717, 1.165) is 17.5 Å². The van der Waals surface area contributed by atoms with Crippen molar-refractivity contribution < 1.29 is 0 Å². The van der Waals surface area contributed by atoms with Gasteiger partial charge in [-0.3, -0.25) is 0 Å². The van der Waals surface area contributed by atoms with Gasteiger partial charge in [-0.05, 0) is 19.1 Å². The van der Waals surface area contributed by atoms with Crippen LogP contribution >= 0.6 is 0 Å². The van der Waals surface area contributed by atoms with Crippen LogP contribution in [-0.4, -0.2) is 15.0 Å². The van der Waals surface area contributed by atoms with Gasteiger partial charge >= 0.3 is 0 Å². The minimum absolute atomic E-state index is 0.719. The van der Waals surface area contributed by atoms with Crippen LogP contribution in [0.5, 0.6) is 0 Å². The molecular formula is C9H10N4. The van der Waals surface area contributed by atoms with Gasteiger partial charge < -0.3 is 10.3 Å². The number of aryl methyl sites for hydroxylation is 1.